The Bertz CT molecular complexity index is 423. The van der Waals surface area contributed by atoms with Crippen molar-refractivity contribution in [3.63, 3.8) is 0 Å². The predicted octanol–water partition coefficient (Wildman–Crippen LogP) is 3.62. The average Bonchev–Trinajstić information content (AvgIpc) is 2.95. The van der Waals surface area contributed by atoms with Crippen LogP contribution < -0.4 is 10.6 Å². The zero-order valence-electron chi connectivity index (χ0n) is 16.4. The van der Waals surface area contributed by atoms with E-state index in [4.69, 9.17) is 0 Å². The van der Waals surface area contributed by atoms with E-state index in [1.807, 2.05) is 6.92 Å². The van der Waals surface area contributed by atoms with Crippen LogP contribution >= 0.6 is 0 Å². The molecule has 25 heavy (non-hydrogen) atoms. The minimum atomic E-state index is -0.0634. The van der Waals surface area contributed by atoms with Crippen molar-refractivity contribution >= 4 is 18.0 Å². The Balaban J connectivity index is 0.000000257. The van der Waals surface area contributed by atoms with Crippen molar-refractivity contribution in [1.29, 1.82) is 0 Å². The molecule has 0 radical (unpaired) electrons. The number of hydrogen-bond acceptors (Lipinski definition) is 3. The summed E-state index contributed by atoms with van der Waals surface area (Å²) in [6.45, 7) is 6.87. The lowest BCUT2D eigenvalue weighted by molar-refractivity contribution is -0.122. The second kappa shape index (κ2) is 12.9. The van der Waals surface area contributed by atoms with Crippen molar-refractivity contribution in [1.82, 2.24) is 10.6 Å². The minimum absolute atomic E-state index is 0.0634. The third kappa shape index (κ3) is 9.61. The van der Waals surface area contributed by atoms with E-state index in [-0.39, 0.29) is 23.8 Å². The van der Waals surface area contributed by atoms with Gasteiger partial charge in [0.1, 0.15) is 0 Å². The molecule has 2 aliphatic heterocycles. The molecule has 2 aliphatic rings. The van der Waals surface area contributed by atoms with Gasteiger partial charge in [0.25, 0.3) is 0 Å². The van der Waals surface area contributed by atoms with Crippen LogP contribution in [0.25, 0.3) is 0 Å². The van der Waals surface area contributed by atoms with E-state index in [0.717, 1.165) is 19.3 Å². The molecular formula is C20H37N3O2. The number of unbranched alkanes of at least 4 members (excludes halogenated alkanes) is 5. The van der Waals surface area contributed by atoms with E-state index >= 15 is 0 Å². The zero-order chi connectivity index (χ0) is 18.5. The number of rotatable bonds is 8. The smallest absolute Gasteiger partial charge is 0.228 e. The van der Waals surface area contributed by atoms with Crippen molar-refractivity contribution in [2.45, 2.75) is 97.1 Å². The van der Waals surface area contributed by atoms with Crippen molar-refractivity contribution in [2.24, 2.45) is 10.9 Å². The molecule has 0 spiro atoms. The van der Waals surface area contributed by atoms with Gasteiger partial charge in [-0.15, -0.1) is 0 Å². The zero-order valence-corrected chi connectivity index (χ0v) is 16.4. The van der Waals surface area contributed by atoms with Crippen LogP contribution in [0, 0.1) is 5.92 Å². The lowest BCUT2D eigenvalue weighted by Crippen LogP contribution is -2.31. The standard InChI is InChI=1S/C12H23NO.C8H14N2O/c1-2-3-4-5-6-7-8-11-9-10-12(14)13-11;1-3-7-5-10-8(11)6(2)4-9-7/h11H,2-10H2,1H3,(H,13,14);4,6-7H,3,5H2,1-2H3,(H,10,11). The van der Waals surface area contributed by atoms with Crippen molar-refractivity contribution in [3.05, 3.63) is 0 Å². The van der Waals surface area contributed by atoms with Gasteiger partial charge in [0, 0.05) is 25.2 Å². The monoisotopic (exact) mass is 351 g/mol. The molecule has 144 valence electrons. The predicted molar refractivity (Wildman–Crippen MR) is 104 cm³/mol. The van der Waals surface area contributed by atoms with Crippen LogP contribution in [0.15, 0.2) is 4.99 Å². The molecule has 2 amide bonds. The molecule has 0 aromatic heterocycles. The van der Waals surface area contributed by atoms with Gasteiger partial charge in [-0.05, 0) is 26.2 Å². The highest BCUT2D eigenvalue weighted by molar-refractivity contribution is 5.93. The van der Waals surface area contributed by atoms with Crippen LogP contribution in [0.3, 0.4) is 0 Å². The fourth-order valence-electron chi connectivity index (χ4n) is 3.07. The van der Waals surface area contributed by atoms with E-state index in [0.29, 0.717) is 12.6 Å². The molecule has 1 saturated heterocycles. The first-order valence-electron chi connectivity index (χ1n) is 10.2. The molecule has 1 fully saturated rings. The molecule has 0 aliphatic carbocycles. The van der Waals surface area contributed by atoms with Gasteiger partial charge in [-0.1, -0.05) is 52.4 Å². The summed E-state index contributed by atoms with van der Waals surface area (Å²) in [4.78, 5) is 26.3. The first-order valence-corrected chi connectivity index (χ1v) is 10.2. The Labute approximate surface area is 153 Å². The average molecular weight is 352 g/mol. The van der Waals surface area contributed by atoms with Crippen LogP contribution in [0.4, 0.5) is 0 Å². The molecule has 3 unspecified atom stereocenters. The van der Waals surface area contributed by atoms with Crippen LogP contribution in [0.1, 0.15) is 85.0 Å². The number of carbonyl (C=O) groups excluding carboxylic acids is 2. The molecule has 3 atom stereocenters. The molecule has 0 aromatic carbocycles. The van der Waals surface area contributed by atoms with Gasteiger partial charge in [0.05, 0.1) is 12.0 Å². The van der Waals surface area contributed by atoms with Gasteiger partial charge < -0.3 is 10.6 Å². The molecule has 0 bridgehead atoms. The summed E-state index contributed by atoms with van der Waals surface area (Å²) in [7, 11) is 0. The summed E-state index contributed by atoms with van der Waals surface area (Å²) < 4.78 is 0. The summed E-state index contributed by atoms with van der Waals surface area (Å²) in [6.07, 6.45) is 13.8. The van der Waals surface area contributed by atoms with Crippen LogP contribution in [-0.4, -0.2) is 36.7 Å². The number of nitrogens with one attached hydrogen (secondary N) is 2. The molecule has 5 heteroatoms. The summed E-state index contributed by atoms with van der Waals surface area (Å²) in [5.74, 6) is 0.275. The van der Waals surface area contributed by atoms with Gasteiger partial charge in [-0.3, -0.25) is 14.6 Å². The normalized spacial score (nSPS) is 25.6. The summed E-state index contributed by atoms with van der Waals surface area (Å²) in [6, 6.07) is 0.776. The van der Waals surface area contributed by atoms with E-state index < -0.39 is 0 Å². The van der Waals surface area contributed by atoms with Crippen molar-refractivity contribution < 1.29 is 9.59 Å². The molecule has 0 saturated carbocycles. The second-order valence-corrected chi connectivity index (χ2v) is 7.25. The fourth-order valence-corrected chi connectivity index (χ4v) is 3.07. The maximum Gasteiger partial charge on any atom is 0.228 e. The largest absolute Gasteiger partial charge is 0.353 e. The van der Waals surface area contributed by atoms with E-state index in [1.165, 1.54) is 44.9 Å². The SMILES string of the molecule is CCC1CNC(=O)C(C)C=N1.CCCCCCCCC1CCC(=O)N1. The molecule has 2 heterocycles. The number of carbonyl (C=O) groups is 2. The van der Waals surface area contributed by atoms with Gasteiger partial charge in [-0.25, -0.2) is 0 Å². The molecular weight excluding hydrogens is 314 g/mol. The fraction of sp³-hybridized carbons (Fsp3) is 0.850. The maximum absolute atomic E-state index is 11.1. The quantitative estimate of drug-likeness (QED) is 0.656. The minimum Gasteiger partial charge on any atom is -0.353 e. The number of nitrogens with zero attached hydrogens (tertiary/aromatic N) is 1. The Hall–Kier alpha value is -1.39. The Kier molecular flexibility index (Phi) is 11.2. The lowest BCUT2D eigenvalue weighted by Gasteiger charge is -2.08. The van der Waals surface area contributed by atoms with Gasteiger partial charge >= 0.3 is 0 Å². The number of hydrogen-bond donors (Lipinski definition) is 2. The highest BCUT2D eigenvalue weighted by Crippen LogP contribution is 2.14. The number of aliphatic imine (C=N–C) groups is 1. The maximum atomic E-state index is 11.1. The first-order chi connectivity index (χ1) is 12.1. The third-order valence-electron chi connectivity index (χ3n) is 4.91. The van der Waals surface area contributed by atoms with Crippen molar-refractivity contribution in [3.8, 4) is 0 Å². The Morgan fingerprint density at radius 2 is 1.84 bits per heavy atom. The molecule has 0 aromatic rings. The van der Waals surface area contributed by atoms with Gasteiger partial charge in [0.15, 0.2) is 0 Å². The van der Waals surface area contributed by atoms with Crippen LogP contribution in [0.2, 0.25) is 0 Å². The summed E-state index contributed by atoms with van der Waals surface area (Å²) >= 11 is 0. The lowest BCUT2D eigenvalue weighted by atomic mass is 10.0. The first kappa shape index (κ1) is 21.7. The van der Waals surface area contributed by atoms with E-state index in [1.54, 1.807) is 6.21 Å². The molecule has 2 rings (SSSR count). The van der Waals surface area contributed by atoms with Gasteiger partial charge in [-0.2, -0.15) is 0 Å². The Morgan fingerprint density at radius 1 is 1.12 bits per heavy atom. The third-order valence-corrected chi connectivity index (χ3v) is 4.91. The summed E-state index contributed by atoms with van der Waals surface area (Å²) in [5.41, 5.74) is 0. The van der Waals surface area contributed by atoms with E-state index in [9.17, 15) is 9.59 Å². The topological polar surface area (TPSA) is 70.6 Å². The highest BCUT2D eigenvalue weighted by atomic mass is 16.2. The molecule has 2 N–H and O–H groups in total. The summed E-state index contributed by atoms with van der Waals surface area (Å²) in [5, 5.41) is 5.85. The van der Waals surface area contributed by atoms with E-state index in [2.05, 4.69) is 29.5 Å². The highest BCUT2D eigenvalue weighted by Gasteiger charge is 2.19. The van der Waals surface area contributed by atoms with Crippen LogP contribution in [0.5, 0.6) is 0 Å². The molecule has 5 nitrogen and oxygen atoms in total. The Morgan fingerprint density at radius 3 is 2.48 bits per heavy atom. The number of amides is 2. The second-order valence-electron chi connectivity index (χ2n) is 7.25. The van der Waals surface area contributed by atoms with Crippen molar-refractivity contribution in [2.75, 3.05) is 6.54 Å². The van der Waals surface area contributed by atoms with Gasteiger partial charge in [0.2, 0.25) is 11.8 Å². The van der Waals surface area contributed by atoms with Crippen LogP contribution in [-0.2, 0) is 9.59 Å².